The Morgan fingerprint density at radius 2 is 0.875 bits per heavy atom. The molecule has 0 bridgehead atoms. The molecule has 0 aliphatic rings. The minimum Gasteiger partial charge on any atom is -0.284 e. The van der Waals surface area contributed by atoms with Crippen molar-refractivity contribution in [3.05, 3.63) is 31.6 Å². The van der Waals surface area contributed by atoms with E-state index in [1.807, 2.05) is 0 Å². The third-order valence-corrected chi connectivity index (χ3v) is 14.7. The van der Waals surface area contributed by atoms with E-state index in [0.29, 0.717) is 11.1 Å². The second kappa shape index (κ2) is 6.17. The van der Waals surface area contributed by atoms with Crippen LogP contribution in [-0.2, 0) is 0 Å². The summed E-state index contributed by atoms with van der Waals surface area (Å²) < 4.78 is 0. The second-order valence-corrected chi connectivity index (χ2v) is 19.7. The van der Waals surface area contributed by atoms with E-state index in [1.165, 1.54) is 0 Å². The summed E-state index contributed by atoms with van der Waals surface area (Å²) in [4.78, 5) is 23.8. The summed E-state index contributed by atoms with van der Waals surface area (Å²) in [6.07, 6.45) is 0. The molecule has 0 atom stereocenters. The SMILES string of the molecule is CC(C)(C)[Si](C)(C)C#Cc1c(C#C[Si](C)(C)C(C)(C)C)c(=O)c1=O. The van der Waals surface area contributed by atoms with E-state index in [2.05, 4.69) is 90.7 Å². The van der Waals surface area contributed by atoms with Crippen LogP contribution in [0.1, 0.15) is 52.7 Å². The second-order valence-electron chi connectivity index (χ2n) is 9.66. The maximum atomic E-state index is 11.9. The summed E-state index contributed by atoms with van der Waals surface area (Å²) in [7, 11) is -3.64. The lowest BCUT2D eigenvalue weighted by Gasteiger charge is -2.31. The molecule has 0 aliphatic carbocycles. The van der Waals surface area contributed by atoms with Crippen LogP contribution in [-0.4, -0.2) is 16.1 Å². The molecule has 0 radical (unpaired) electrons. The van der Waals surface area contributed by atoms with Crippen molar-refractivity contribution in [3.8, 4) is 22.9 Å². The molecule has 2 nitrogen and oxygen atoms in total. The molecule has 24 heavy (non-hydrogen) atoms. The van der Waals surface area contributed by atoms with Crippen LogP contribution in [0.5, 0.6) is 0 Å². The van der Waals surface area contributed by atoms with Crippen molar-refractivity contribution in [3.63, 3.8) is 0 Å². The Bertz CT molecular complexity index is 757. The zero-order chi connectivity index (χ0) is 19.1. The van der Waals surface area contributed by atoms with Gasteiger partial charge in [0.2, 0.25) is 10.9 Å². The third kappa shape index (κ3) is 3.99. The molecule has 0 heterocycles. The van der Waals surface area contributed by atoms with E-state index in [1.54, 1.807) is 0 Å². The van der Waals surface area contributed by atoms with Gasteiger partial charge in [0, 0.05) is 0 Å². The highest BCUT2D eigenvalue weighted by Crippen LogP contribution is 2.36. The lowest BCUT2D eigenvalue weighted by atomic mass is 10.0. The zero-order valence-electron chi connectivity index (χ0n) is 16.8. The summed E-state index contributed by atoms with van der Waals surface area (Å²) in [5.41, 5.74) is 6.34. The van der Waals surface area contributed by atoms with Crippen LogP contribution in [0.2, 0.25) is 36.3 Å². The molecule has 0 unspecified atom stereocenters. The van der Waals surface area contributed by atoms with Crippen molar-refractivity contribution >= 4 is 16.1 Å². The Balaban J connectivity index is 3.32. The highest BCUT2D eigenvalue weighted by Gasteiger charge is 2.35. The van der Waals surface area contributed by atoms with Crippen LogP contribution < -0.4 is 10.9 Å². The van der Waals surface area contributed by atoms with Crippen LogP contribution in [0.4, 0.5) is 0 Å². The molecule has 130 valence electrons. The molecule has 0 aliphatic heterocycles. The summed E-state index contributed by atoms with van der Waals surface area (Å²) in [5, 5.41) is 0.231. The van der Waals surface area contributed by atoms with Gasteiger partial charge in [0.05, 0.1) is 11.1 Å². The smallest absolute Gasteiger partial charge is 0.244 e. The number of hydrogen-bond acceptors (Lipinski definition) is 2. The first-order chi connectivity index (χ1) is 10.5. The molecule has 0 aromatic heterocycles. The molecule has 1 rings (SSSR count). The van der Waals surface area contributed by atoms with Gasteiger partial charge in [-0.1, -0.05) is 79.6 Å². The molecule has 0 N–H and O–H groups in total. The molecule has 0 saturated heterocycles. The zero-order valence-corrected chi connectivity index (χ0v) is 18.8. The Morgan fingerprint density at radius 1 is 0.625 bits per heavy atom. The minimum absolute atomic E-state index is 0.115. The number of hydrogen-bond donors (Lipinski definition) is 0. The summed E-state index contributed by atoms with van der Waals surface area (Å²) in [5.74, 6) is 6.01. The fourth-order valence-corrected chi connectivity index (χ4v) is 3.07. The largest absolute Gasteiger partial charge is 0.284 e. The molecule has 4 heteroatoms. The maximum Gasteiger partial charge on any atom is 0.244 e. The molecule has 1 aromatic carbocycles. The average Bonchev–Trinajstić information content (AvgIpc) is 2.38. The fourth-order valence-electron chi connectivity index (χ4n) is 1.44. The Labute approximate surface area is 148 Å². The monoisotopic (exact) mass is 358 g/mol. The highest BCUT2D eigenvalue weighted by molar-refractivity contribution is 6.88. The van der Waals surface area contributed by atoms with Gasteiger partial charge in [-0.05, 0) is 10.1 Å². The van der Waals surface area contributed by atoms with E-state index < -0.39 is 27.0 Å². The van der Waals surface area contributed by atoms with Gasteiger partial charge in [-0.3, -0.25) is 9.59 Å². The van der Waals surface area contributed by atoms with Gasteiger partial charge in [0.15, 0.2) is 0 Å². The lowest BCUT2D eigenvalue weighted by molar-refractivity contribution is 0.730. The van der Waals surface area contributed by atoms with Gasteiger partial charge in [-0.15, -0.1) is 11.1 Å². The van der Waals surface area contributed by atoms with Crippen molar-refractivity contribution in [1.29, 1.82) is 0 Å². The molecular weight excluding hydrogens is 328 g/mol. The quantitative estimate of drug-likeness (QED) is 0.398. The van der Waals surface area contributed by atoms with E-state index in [-0.39, 0.29) is 10.1 Å². The van der Waals surface area contributed by atoms with Gasteiger partial charge in [0.25, 0.3) is 0 Å². The van der Waals surface area contributed by atoms with Crippen LogP contribution in [0.25, 0.3) is 0 Å². The molecule has 0 saturated carbocycles. The summed E-state index contributed by atoms with van der Waals surface area (Å²) >= 11 is 0. The first-order valence-corrected chi connectivity index (χ1v) is 14.4. The van der Waals surface area contributed by atoms with Crippen molar-refractivity contribution < 1.29 is 0 Å². The fraction of sp³-hybridized carbons (Fsp3) is 0.600. The summed E-state index contributed by atoms with van der Waals surface area (Å²) in [6, 6.07) is 0. The molecule has 0 fully saturated rings. The molecular formula is C20H30O2Si2. The van der Waals surface area contributed by atoms with Crippen molar-refractivity contribution in [2.24, 2.45) is 0 Å². The Kier molecular flexibility index (Phi) is 5.32. The lowest BCUT2D eigenvalue weighted by Crippen LogP contribution is -2.40. The van der Waals surface area contributed by atoms with E-state index in [4.69, 9.17) is 0 Å². The topological polar surface area (TPSA) is 34.1 Å². The van der Waals surface area contributed by atoms with Crippen molar-refractivity contribution in [2.45, 2.75) is 77.8 Å². The standard InChI is InChI=1S/C20H30O2Si2/c1-19(2,3)23(7,8)13-11-15-16(18(22)17(15)21)12-14-24(9,10)20(4,5)6/h1-10H3. The normalized spacial score (nSPS) is 13.1. The minimum atomic E-state index is -1.82. The maximum absolute atomic E-state index is 11.9. The van der Waals surface area contributed by atoms with Crippen LogP contribution in [0.15, 0.2) is 9.59 Å². The van der Waals surface area contributed by atoms with Gasteiger partial charge >= 0.3 is 0 Å². The highest BCUT2D eigenvalue weighted by atomic mass is 28.3. The van der Waals surface area contributed by atoms with Crippen LogP contribution in [0, 0.1) is 22.9 Å². The van der Waals surface area contributed by atoms with Gasteiger partial charge < -0.3 is 0 Å². The van der Waals surface area contributed by atoms with E-state index in [0.717, 1.165) is 0 Å². The Hall–Kier alpha value is -1.37. The predicted octanol–water partition coefficient (Wildman–Crippen LogP) is 4.08. The van der Waals surface area contributed by atoms with E-state index >= 15 is 0 Å². The van der Waals surface area contributed by atoms with Gasteiger partial charge in [0.1, 0.15) is 16.1 Å². The predicted molar refractivity (Wildman–Crippen MR) is 110 cm³/mol. The molecule has 0 amide bonds. The van der Waals surface area contributed by atoms with Gasteiger partial charge in [-0.2, -0.15) is 0 Å². The molecule has 1 aromatic rings. The first kappa shape index (κ1) is 20.7. The van der Waals surface area contributed by atoms with Crippen molar-refractivity contribution in [1.82, 2.24) is 0 Å². The van der Waals surface area contributed by atoms with Crippen LogP contribution >= 0.6 is 0 Å². The van der Waals surface area contributed by atoms with Crippen molar-refractivity contribution in [2.75, 3.05) is 0 Å². The van der Waals surface area contributed by atoms with Crippen LogP contribution in [0.3, 0.4) is 0 Å². The Morgan fingerprint density at radius 3 is 1.08 bits per heavy atom. The number of rotatable bonds is 0. The molecule has 0 spiro atoms. The van der Waals surface area contributed by atoms with E-state index in [9.17, 15) is 9.59 Å². The third-order valence-electron chi connectivity index (χ3n) is 5.66. The summed E-state index contributed by atoms with van der Waals surface area (Å²) in [6.45, 7) is 21.8. The average molecular weight is 359 g/mol. The van der Waals surface area contributed by atoms with Gasteiger partial charge in [-0.25, -0.2) is 0 Å². The first-order valence-electron chi connectivity index (χ1n) is 8.41.